The molecule has 2 aliphatic heterocycles. The predicted octanol–water partition coefficient (Wildman–Crippen LogP) is 0.977. The molecule has 0 saturated carbocycles. The van der Waals surface area contributed by atoms with Crippen molar-refractivity contribution in [1.82, 2.24) is 4.90 Å². The molecule has 1 aromatic rings. The van der Waals surface area contributed by atoms with Crippen LogP contribution in [0.3, 0.4) is 0 Å². The predicted molar refractivity (Wildman–Crippen MR) is 77.2 cm³/mol. The van der Waals surface area contributed by atoms with Gasteiger partial charge in [0.1, 0.15) is 6.26 Å². The maximum atomic E-state index is 12.4. The summed E-state index contributed by atoms with van der Waals surface area (Å²) in [6, 6.07) is 6.21. The number of imide groups is 1. The fourth-order valence-corrected chi connectivity index (χ4v) is 2.44. The van der Waals surface area contributed by atoms with Gasteiger partial charge >= 0.3 is 11.9 Å². The molecule has 24 heavy (non-hydrogen) atoms. The fourth-order valence-electron chi connectivity index (χ4n) is 2.44. The van der Waals surface area contributed by atoms with Gasteiger partial charge in [-0.1, -0.05) is 12.1 Å². The first-order valence-electron chi connectivity index (χ1n) is 7.14. The highest BCUT2D eigenvalue weighted by molar-refractivity contribution is 6.24. The Kier molecular flexibility index (Phi) is 4.03. The molecule has 124 valence electrons. The number of hydrogen-bond donors (Lipinski definition) is 0. The second-order valence-electron chi connectivity index (χ2n) is 5.08. The summed E-state index contributed by atoms with van der Waals surface area (Å²) in [5, 5.41) is 0. The first-order chi connectivity index (χ1) is 11.5. The highest BCUT2D eigenvalue weighted by Crippen LogP contribution is 2.27. The summed E-state index contributed by atoms with van der Waals surface area (Å²) >= 11 is 0. The summed E-state index contributed by atoms with van der Waals surface area (Å²) in [6.45, 7) is 0. The van der Waals surface area contributed by atoms with E-state index >= 15 is 0 Å². The quantitative estimate of drug-likeness (QED) is 0.351. The van der Waals surface area contributed by atoms with Crippen molar-refractivity contribution in [1.29, 1.82) is 0 Å². The van der Waals surface area contributed by atoms with Gasteiger partial charge in [-0.15, -0.1) is 0 Å². The molecule has 0 bridgehead atoms. The van der Waals surface area contributed by atoms with E-state index in [0.29, 0.717) is 11.3 Å². The number of amides is 2. The van der Waals surface area contributed by atoms with Gasteiger partial charge in [-0.3, -0.25) is 14.4 Å². The Morgan fingerprint density at radius 2 is 1.83 bits per heavy atom. The van der Waals surface area contributed by atoms with E-state index in [1.165, 1.54) is 12.1 Å². The second kappa shape index (κ2) is 6.15. The summed E-state index contributed by atoms with van der Waals surface area (Å²) in [5.74, 6) is -2.65. The molecule has 0 aliphatic carbocycles. The highest BCUT2D eigenvalue weighted by Gasteiger charge is 2.40. The van der Waals surface area contributed by atoms with E-state index in [-0.39, 0.29) is 23.2 Å². The molecule has 8 nitrogen and oxygen atoms in total. The van der Waals surface area contributed by atoms with E-state index in [1.807, 2.05) is 0 Å². The summed E-state index contributed by atoms with van der Waals surface area (Å²) in [6.07, 6.45) is 0.550. The Labute approximate surface area is 136 Å². The molecule has 2 heterocycles. The van der Waals surface area contributed by atoms with Crippen molar-refractivity contribution in [3.05, 3.63) is 47.4 Å². The first kappa shape index (κ1) is 15.7. The Morgan fingerprint density at radius 3 is 2.33 bits per heavy atom. The smallest absolute Gasteiger partial charge is 0.358 e. The van der Waals surface area contributed by atoms with Crippen LogP contribution in [0.5, 0.6) is 0 Å². The third kappa shape index (κ3) is 2.62. The van der Waals surface area contributed by atoms with Gasteiger partial charge in [0, 0.05) is 6.42 Å². The van der Waals surface area contributed by atoms with Gasteiger partial charge in [-0.25, -0.2) is 9.69 Å². The monoisotopic (exact) mass is 331 g/mol. The number of rotatable bonds is 4. The molecule has 0 spiro atoms. The average molecular weight is 331 g/mol. The number of fused-ring (bicyclic) bond motifs is 1. The Morgan fingerprint density at radius 1 is 1.21 bits per heavy atom. The first-order valence-corrected chi connectivity index (χ1v) is 7.14. The van der Waals surface area contributed by atoms with Crippen LogP contribution in [-0.2, 0) is 23.8 Å². The third-order valence-electron chi connectivity index (χ3n) is 3.61. The number of nitrogens with zero attached hydrogens (tertiary/aromatic N) is 1. The van der Waals surface area contributed by atoms with E-state index in [0.717, 1.165) is 13.4 Å². The zero-order chi connectivity index (χ0) is 17.3. The number of carbonyl (C=O) groups excluding carboxylic acids is 4. The molecule has 1 fully saturated rings. The number of cyclic esters (lactones) is 1. The highest BCUT2D eigenvalue weighted by atomic mass is 16.7. The molecule has 3 rings (SSSR count). The normalized spacial score (nSPS) is 20.0. The molecule has 1 atom stereocenters. The van der Waals surface area contributed by atoms with Crippen LogP contribution in [0.1, 0.15) is 33.6 Å². The lowest BCUT2D eigenvalue weighted by Crippen LogP contribution is -2.34. The van der Waals surface area contributed by atoms with Gasteiger partial charge in [-0.05, 0) is 12.1 Å². The topological polar surface area (TPSA) is 99.2 Å². The summed E-state index contributed by atoms with van der Waals surface area (Å²) in [7, 11) is 1.12. The van der Waals surface area contributed by atoms with E-state index < -0.39 is 30.0 Å². The molecule has 0 unspecified atom stereocenters. The molecule has 1 aromatic carbocycles. The minimum absolute atomic E-state index is 0.185. The van der Waals surface area contributed by atoms with Crippen LogP contribution in [-0.4, -0.2) is 42.1 Å². The molecule has 1 saturated heterocycles. The van der Waals surface area contributed by atoms with Crippen LogP contribution >= 0.6 is 0 Å². The lowest BCUT2D eigenvalue weighted by molar-refractivity contribution is -0.154. The molecule has 2 amide bonds. The van der Waals surface area contributed by atoms with Gasteiger partial charge in [0.25, 0.3) is 11.8 Å². The Hall–Kier alpha value is -3.16. The number of esters is 2. The van der Waals surface area contributed by atoms with Crippen molar-refractivity contribution in [3.63, 3.8) is 0 Å². The molecular weight excluding hydrogens is 318 g/mol. The summed E-state index contributed by atoms with van der Waals surface area (Å²) in [5.41, 5.74) is -0.0131. The van der Waals surface area contributed by atoms with E-state index in [9.17, 15) is 19.2 Å². The fraction of sp³-hybridized carbons (Fsp3) is 0.250. The lowest BCUT2D eigenvalue weighted by atomic mass is 10.1. The van der Waals surface area contributed by atoms with Crippen LogP contribution in [0, 0.1) is 0 Å². The van der Waals surface area contributed by atoms with Gasteiger partial charge in [0.2, 0.25) is 6.29 Å². The van der Waals surface area contributed by atoms with Gasteiger partial charge in [-0.2, -0.15) is 0 Å². The molecule has 0 N–H and O–H groups in total. The average Bonchev–Trinajstić information content (AvgIpc) is 3.11. The van der Waals surface area contributed by atoms with Crippen molar-refractivity contribution >= 4 is 23.8 Å². The van der Waals surface area contributed by atoms with Crippen molar-refractivity contribution in [3.8, 4) is 0 Å². The summed E-state index contributed by atoms with van der Waals surface area (Å²) in [4.78, 5) is 48.6. The third-order valence-corrected chi connectivity index (χ3v) is 3.61. The van der Waals surface area contributed by atoms with Gasteiger partial charge in [0.15, 0.2) is 5.70 Å². The number of ether oxygens (including phenoxy) is 3. The lowest BCUT2D eigenvalue weighted by Gasteiger charge is -2.17. The van der Waals surface area contributed by atoms with Gasteiger partial charge in [0.05, 0.1) is 24.7 Å². The van der Waals surface area contributed by atoms with Crippen molar-refractivity contribution in [2.45, 2.75) is 19.1 Å². The number of hydrogen-bond acceptors (Lipinski definition) is 7. The van der Waals surface area contributed by atoms with Crippen LogP contribution in [0.2, 0.25) is 0 Å². The zero-order valence-corrected chi connectivity index (χ0v) is 12.7. The number of methoxy groups -OCH3 is 1. The second-order valence-corrected chi connectivity index (χ2v) is 5.08. The van der Waals surface area contributed by atoms with Crippen molar-refractivity contribution in [2.75, 3.05) is 7.11 Å². The molecule has 2 aliphatic rings. The van der Waals surface area contributed by atoms with Crippen LogP contribution < -0.4 is 0 Å². The Bertz CT molecular complexity index is 732. The molecule has 8 heteroatoms. The molecule has 0 radical (unpaired) electrons. The minimum atomic E-state index is -0.922. The number of carbonyl (C=O) groups is 4. The maximum Gasteiger partial charge on any atom is 0.358 e. The van der Waals surface area contributed by atoms with Gasteiger partial charge < -0.3 is 14.2 Å². The van der Waals surface area contributed by atoms with E-state index in [2.05, 4.69) is 4.74 Å². The van der Waals surface area contributed by atoms with E-state index in [4.69, 9.17) is 9.47 Å². The summed E-state index contributed by atoms with van der Waals surface area (Å²) < 4.78 is 14.7. The van der Waals surface area contributed by atoms with Crippen LogP contribution in [0.15, 0.2) is 36.2 Å². The zero-order valence-electron chi connectivity index (χ0n) is 12.7. The van der Waals surface area contributed by atoms with Crippen LogP contribution in [0.25, 0.3) is 0 Å². The van der Waals surface area contributed by atoms with Crippen molar-refractivity contribution in [2.24, 2.45) is 0 Å². The standard InChI is InChI=1S/C16H13NO7/c1-22-16(21)11(8-23-13-7-6-12(18)24-13)17-14(19)9-4-2-3-5-10(9)15(17)20/h2-5,8,13H,6-7H2,1H3/b11-8-/t13-/m1/s1. The van der Waals surface area contributed by atoms with Crippen molar-refractivity contribution < 1.29 is 33.4 Å². The number of benzene rings is 1. The van der Waals surface area contributed by atoms with E-state index in [1.54, 1.807) is 12.1 Å². The van der Waals surface area contributed by atoms with Crippen LogP contribution in [0.4, 0.5) is 0 Å². The molecule has 0 aromatic heterocycles. The maximum absolute atomic E-state index is 12.4. The largest absolute Gasteiger partial charge is 0.464 e. The minimum Gasteiger partial charge on any atom is -0.464 e. The SMILES string of the molecule is COC(=O)/C(=C/O[C@H]1CCC(=O)O1)N1C(=O)c2ccccc2C1=O. The molecular formula is C16H13NO7. The Balaban J connectivity index is 1.90.